The van der Waals surface area contributed by atoms with Crippen molar-refractivity contribution in [1.82, 2.24) is 10.3 Å². The van der Waals surface area contributed by atoms with Crippen molar-refractivity contribution in [1.29, 1.82) is 0 Å². The van der Waals surface area contributed by atoms with E-state index in [1.807, 2.05) is 0 Å². The quantitative estimate of drug-likeness (QED) is 0.865. The van der Waals surface area contributed by atoms with E-state index in [2.05, 4.69) is 43.1 Å². The lowest BCUT2D eigenvalue weighted by Crippen LogP contribution is -2.27. The van der Waals surface area contributed by atoms with Crippen molar-refractivity contribution >= 4 is 5.82 Å². The average Bonchev–Trinajstić information content (AvgIpc) is 3.22. The monoisotopic (exact) mass is 287 g/mol. The molecule has 0 aromatic carbocycles. The molecule has 0 spiro atoms. The van der Waals surface area contributed by atoms with Gasteiger partial charge in [0.1, 0.15) is 5.82 Å². The van der Waals surface area contributed by atoms with Gasteiger partial charge >= 0.3 is 0 Å². The van der Waals surface area contributed by atoms with Crippen LogP contribution in [0.1, 0.15) is 57.2 Å². The molecule has 2 heterocycles. The maximum Gasteiger partial charge on any atom is 0.129 e. The number of rotatable bonds is 6. The van der Waals surface area contributed by atoms with Crippen LogP contribution >= 0.6 is 0 Å². The van der Waals surface area contributed by atoms with E-state index in [-0.39, 0.29) is 0 Å². The van der Waals surface area contributed by atoms with Gasteiger partial charge in [-0.05, 0) is 62.1 Å². The molecule has 3 rings (SSSR count). The normalized spacial score (nSPS) is 21.0. The highest BCUT2D eigenvalue weighted by atomic mass is 15.2. The first-order chi connectivity index (χ1) is 10.1. The SMILES string of the molecule is CCC1(CC)CCN(c2cc(CNC3CC3)cc(C)n2)C1. The summed E-state index contributed by atoms with van der Waals surface area (Å²) in [6.07, 6.45) is 6.56. The van der Waals surface area contributed by atoms with E-state index in [0.29, 0.717) is 5.41 Å². The molecule has 1 aromatic rings. The van der Waals surface area contributed by atoms with Crippen molar-refractivity contribution in [2.75, 3.05) is 18.0 Å². The third-order valence-electron chi connectivity index (χ3n) is 5.43. The van der Waals surface area contributed by atoms with Crippen LogP contribution in [0.4, 0.5) is 5.82 Å². The number of nitrogens with zero attached hydrogens (tertiary/aromatic N) is 2. The molecule has 1 saturated carbocycles. The average molecular weight is 287 g/mol. The van der Waals surface area contributed by atoms with Gasteiger partial charge < -0.3 is 10.2 Å². The number of hydrogen-bond acceptors (Lipinski definition) is 3. The fourth-order valence-electron chi connectivity index (χ4n) is 3.49. The Balaban J connectivity index is 1.72. The maximum absolute atomic E-state index is 4.79. The molecule has 116 valence electrons. The van der Waals surface area contributed by atoms with E-state index in [1.54, 1.807) is 0 Å². The van der Waals surface area contributed by atoms with Gasteiger partial charge in [-0.2, -0.15) is 0 Å². The summed E-state index contributed by atoms with van der Waals surface area (Å²) in [4.78, 5) is 7.29. The molecule has 1 aliphatic heterocycles. The summed E-state index contributed by atoms with van der Waals surface area (Å²) in [6, 6.07) is 5.28. The number of nitrogens with one attached hydrogen (secondary N) is 1. The van der Waals surface area contributed by atoms with E-state index in [4.69, 9.17) is 4.98 Å². The molecule has 3 nitrogen and oxygen atoms in total. The highest BCUT2D eigenvalue weighted by molar-refractivity contribution is 5.44. The largest absolute Gasteiger partial charge is 0.356 e. The number of aromatic nitrogens is 1. The van der Waals surface area contributed by atoms with Crippen molar-refractivity contribution < 1.29 is 0 Å². The molecule has 0 amide bonds. The number of aryl methyl sites for hydroxylation is 1. The Hall–Kier alpha value is -1.09. The van der Waals surface area contributed by atoms with Gasteiger partial charge in [0.25, 0.3) is 0 Å². The molecule has 1 N–H and O–H groups in total. The minimum atomic E-state index is 0.512. The maximum atomic E-state index is 4.79. The van der Waals surface area contributed by atoms with E-state index in [1.165, 1.54) is 50.0 Å². The highest BCUT2D eigenvalue weighted by Crippen LogP contribution is 2.38. The van der Waals surface area contributed by atoms with Crippen LogP contribution in [0, 0.1) is 12.3 Å². The lowest BCUT2D eigenvalue weighted by atomic mass is 9.82. The van der Waals surface area contributed by atoms with E-state index in [0.717, 1.165) is 24.8 Å². The van der Waals surface area contributed by atoms with Crippen LogP contribution in [0.3, 0.4) is 0 Å². The van der Waals surface area contributed by atoms with Gasteiger partial charge in [0.05, 0.1) is 0 Å². The minimum absolute atomic E-state index is 0.512. The summed E-state index contributed by atoms with van der Waals surface area (Å²) in [7, 11) is 0. The lowest BCUT2D eigenvalue weighted by Gasteiger charge is -2.27. The van der Waals surface area contributed by atoms with Crippen molar-refractivity contribution in [2.45, 2.75) is 65.5 Å². The Bertz CT molecular complexity index is 489. The van der Waals surface area contributed by atoms with Gasteiger partial charge in [0.15, 0.2) is 0 Å². The fourth-order valence-corrected chi connectivity index (χ4v) is 3.49. The predicted octanol–water partition coefficient (Wildman–Crippen LogP) is 3.66. The Labute approximate surface area is 129 Å². The van der Waals surface area contributed by atoms with E-state index >= 15 is 0 Å². The van der Waals surface area contributed by atoms with Gasteiger partial charge in [0, 0.05) is 31.4 Å². The molecule has 1 aromatic heterocycles. The molecule has 0 bridgehead atoms. The molecule has 21 heavy (non-hydrogen) atoms. The molecule has 2 fully saturated rings. The summed E-state index contributed by atoms with van der Waals surface area (Å²) in [5, 5.41) is 3.61. The van der Waals surface area contributed by atoms with Gasteiger partial charge in [-0.15, -0.1) is 0 Å². The van der Waals surface area contributed by atoms with E-state index < -0.39 is 0 Å². The van der Waals surface area contributed by atoms with Crippen LogP contribution in [0.25, 0.3) is 0 Å². The molecule has 3 heteroatoms. The molecule has 2 aliphatic rings. The van der Waals surface area contributed by atoms with Crippen LogP contribution in [-0.2, 0) is 6.54 Å². The first-order valence-corrected chi connectivity index (χ1v) is 8.60. The van der Waals surface area contributed by atoms with Crippen LogP contribution in [0.2, 0.25) is 0 Å². The zero-order chi connectivity index (χ0) is 14.9. The fraction of sp³-hybridized carbons (Fsp3) is 0.722. The molecular formula is C18H29N3. The Morgan fingerprint density at radius 3 is 2.67 bits per heavy atom. The minimum Gasteiger partial charge on any atom is -0.356 e. The third kappa shape index (κ3) is 3.39. The Morgan fingerprint density at radius 1 is 1.29 bits per heavy atom. The topological polar surface area (TPSA) is 28.2 Å². The van der Waals surface area contributed by atoms with Crippen molar-refractivity contribution in [3.63, 3.8) is 0 Å². The standard InChI is InChI=1S/C18H29N3/c1-4-18(5-2)8-9-21(13-18)17-11-15(10-14(3)20-17)12-19-16-6-7-16/h10-11,16,19H,4-9,12-13H2,1-3H3. The summed E-state index contributed by atoms with van der Waals surface area (Å²) < 4.78 is 0. The summed E-state index contributed by atoms with van der Waals surface area (Å²) in [5.74, 6) is 1.19. The van der Waals surface area contributed by atoms with Crippen LogP contribution < -0.4 is 10.2 Å². The van der Waals surface area contributed by atoms with Gasteiger partial charge in [-0.3, -0.25) is 0 Å². The molecule has 1 saturated heterocycles. The second kappa shape index (κ2) is 5.96. The third-order valence-corrected chi connectivity index (χ3v) is 5.43. The van der Waals surface area contributed by atoms with E-state index in [9.17, 15) is 0 Å². The van der Waals surface area contributed by atoms with Gasteiger partial charge in [-0.25, -0.2) is 4.98 Å². The first-order valence-electron chi connectivity index (χ1n) is 8.60. The summed E-state index contributed by atoms with van der Waals surface area (Å²) in [6.45, 7) is 10.1. The molecule has 0 atom stereocenters. The first kappa shape index (κ1) is 14.8. The number of anilines is 1. The molecule has 0 unspecified atom stereocenters. The van der Waals surface area contributed by atoms with Gasteiger partial charge in [-0.1, -0.05) is 13.8 Å². The molecule has 0 radical (unpaired) electrons. The Morgan fingerprint density at radius 2 is 2.05 bits per heavy atom. The Kier molecular flexibility index (Phi) is 4.21. The zero-order valence-electron chi connectivity index (χ0n) is 13.8. The number of pyridine rings is 1. The number of hydrogen-bond donors (Lipinski definition) is 1. The van der Waals surface area contributed by atoms with Crippen LogP contribution in [-0.4, -0.2) is 24.1 Å². The predicted molar refractivity (Wildman–Crippen MR) is 88.7 cm³/mol. The zero-order valence-corrected chi connectivity index (χ0v) is 13.8. The van der Waals surface area contributed by atoms with Gasteiger partial charge in [0.2, 0.25) is 0 Å². The molecule has 1 aliphatic carbocycles. The summed E-state index contributed by atoms with van der Waals surface area (Å²) >= 11 is 0. The van der Waals surface area contributed by atoms with Crippen molar-refractivity contribution in [2.24, 2.45) is 5.41 Å². The summed E-state index contributed by atoms with van der Waals surface area (Å²) in [5.41, 5.74) is 3.04. The van der Waals surface area contributed by atoms with Crippen LogP contribution in [0.5, 0.6) is 0 Å². The van der Waals surface area contributed by atoms with Crippen molar-refractivity contribution in [3.05, 3.63) is 23.4 Å². The highest BCUT2D eigenvalue weighted by Gasteiger charge is 2.35. The smallest absolute Gasteiger partial charge is 0.129 e. The molecular weight excluding hydrogens is 258 g/mol. The second-order valence-electron chi connectivity index (χ2n) is 7.01. The van der Waals surface area contributed by atoms with Crippen LogP contribution in [0.15, 0.2) is 12.1 Å². The second-order valence-corrected chi connectivity index (χ2v) is 7.01. The lowest BCUT2D eigenvalue weighted by molar-refractivity contribution is 0.301. The van der Waals surface area contributed by atoms with Crippen molar-refractivity contribution in [3.8, 4) is 0 Å².